The predicted molar refractivity (Wildman–Crippen MR) is 193 cm³/mol. The molecule has 3 aliphatic carbocycles. The zero-order chi connectivity index (χ0) is 36.2. The van der Waals surface area contributed by atoms with Crippen molar-refractivity contribution in [2.45, 2.75) is 88.5 Å². The van der Waals surface area contributed by atoms with Crippen LogP contribution in [0.3, 0.4) is 0 Å². The maximum atomic E-state index is 14.0. The van der Waals surface area contributed by atoms with Crippen LogP contribution in [0.1, 0.15) is 68.7 Å². The van der Waals surface area contributed by atoms with E-state index in [0.29, 0.717) is 25.1 Å². The Morgan fingerprint density at radius 3 is 2.52 bits per heavy atom. The molecule has 1 aromatic carbocycles. The summed E-state index contributed by atoms with van der Waals surface area (Å²) in [6.45, 7) is 11.9. The number of benzene rings is 1. The first-order chi connectivity index (χ1) is 23.8. The second-order valence-corrected chi connectivity index (χ2v) is 16.7. The van der Waals surface area contributed by atoms with E-state index in [1.807, 2.05) is 44.3 Å². The number of amides is 4. The number of hydrogen-bond acceptors (Lipinski definition) is 9. The van der Waals surface area contributed by atoms with Crippen molar-refractivity contribution in [2.75, 3.05) is 18.9 Å². The van der Waals surface area contributed by atoms with Crippen LogP contribution in [0.15, 0.2) is 49.7 Å². The lowest BCUT2D eigenvalue weighted by molar-refractivity contribution is -0.140. The predicted octanol–water partition coefficient (Wildman–Crippen LogP) is 5.11. The minimum Gasteiger partial charge on any atom is -0.446 e. The number of allylic oxidation sites excluding steroid dienone is 1. The number of rotatable bonds is 16. The number of nitrogens with zero attached hydrogens (tertiary/aromatic N) is 2. The summed E-state index contributed by atoms with van der Waals surface area (Å²) in [4.78, 5) is 61.7. The Kier molecular flexibility index (Phi) is 11.5. The molecule has 2 aromatic rings. The molecule has 5 rings (SSSR count). The number of thiazole rings is 1. The number of carbonyl (C=O) groups excluding carboxylic acids is 4. The van der Waals surface area contributed by atoms with Gasteiger partial charge in [0.05, 0.1) is 22.8 Å². The van der Waals surface area contributed by atoms with Gasteiger partial charge in [-0.25, -0.2) is 18.2 Å². The molecule has 0 bridgehead atoms. The molecule has 12 nitrogen and oxygen atoms in total. The van der Waals surface area contributed by atoms with Gasteiger partial charge in [-0.05, 0) is 82.4 Å². The highest BCUT2D eigenvalue weighted by molar-refractivity contribution is 7.91. The first kappa shape index (κ1) is 37.2. The van der Waals surface area contributed by atoms with Crippen molar-refractivity contribution in [2.24, 2.45) is 17.8 Å². The summed E-state index contributed by atoms with van der Waals surface area (Å²) in [5.74, 6) is -3.88. The van der Waals surface area contributed by atoms with E-state index in [2.05, 4.69) is 33.5 Å². The molecule has 14 heteroatoms. The number of nitrogens with one attached hydrogen (secondary N) is 3. The van der Waals surface area contributed by atoms with E-state index in [0.717, 1.165) is 46.7 Å². The van der Waals surface area contributed by atoms with E-state index in [1.165, 1.54) is 6.08 Å². The topological polar surface area (TPSA) is 164 Å². The molecule has 4 amide bonds. The maximum absolute atomic E-state index is 14.0. The monoisotopic (exact) mass is 725 g/mol. The van der Waals surface area contributed by atoms with Crippen LogP contribution in [-0.2, 0) is 35.6 Å². The number of sulfonamides is 1. The van der Waals surface area contributed by atoms with E-state index in [1.54, 1.807) is 23.3 Å². The summed E-state index contributed by atoms with van der Waals surface area (Å²) < 4.78 is 33.2. The molecule has 3 N–H and O–H groups in total. The summed E-state index contributed by atoms with van der Waals surface area (Å²) in [5.41, 5.74) is 0.720. The van der Waals surface area contributed by atoms with Gasteiger partial charge in [0.2, 0.25) is 21.8 Å². The molecule has 3 aliphatic rings. The third-order valence-electron chi connectivity index (χ3n) is 9.77. The summed E-state index contributed by atoms with van der Waals surface area (Å²) in [6.07, 6.45) is 8.20. The zero-order valence-corrected chi connectivity index (χ0v) is 30.5. The minimum atomic E-state index is -3.86. The molecule has 0 aliphatic heterocycles. The highest BCUT2D eigenvalue weighted by Gasteiger charge is 2.62. The smallest absolute Gasteiger partial charge is 0.411 e. The number of carbonyl (C=O) groups is 4. The second-order valence-electron chi connectivity index (χ2n) is 13.6. The number of ether oxygens (including phenoxy) is 1. The summed E-state index contributed by atoms with van der Waals surface area (Å²) in [6, 6.07) is 5.67. The Hall–Kier alpha value is -4.04. The van der Waals surface area contributed by atoms with Crippen molar-refractivity contribution < 1.29 is 32.3 Å². The number of aromatic nitrogens is 1. The third-order valence-corrected chi connectivity index (χ3v) is 12.8. The van der Waals surface area contributed by atoms with Gasteiger partial charge in [-0.15, -0.1) is 24.5 Å². The molecule has 5 atom stereocenters. The highest BCUT2D eigenvalue weighted by Crippen LogP contribution is 2.46. The van der Waals surface area contributed by atoms with Crippen LogP contribution >= 0.6 is 11.3 Å². The van der Waals surface area contributed by atoms with Crippen molar-refractivity contribution in [1.29, 1.82) is 0 Å². The van der Waals surface area contributed by atoms with Gasteiger partial charge < -0.3 is 15.0 Å². The molecule has 1 aromatic heterocycles. The summed E-state index contributed by atoms with van der Waals surface area (Å²) >= 11 is 1.54. The van der Waals surface area contributed by atoms with Crippen LogP contribution in [0.5, 0.6) is 0 Å². The molecule has 3 fully saturated rings. The van der Waals surface area contributed by atoms with Gasteiger partial charge in [0.25, 0.3) is 5.91 Å². The highest BCUT2D eigenvalue weighted by atomic mass is 32.2. The normalized spacial score (nSPS) is 24.1. The molecule has 0 saturated heterocycles. The van der Waals surface area contributed by atoms with Crippen LogP contribution in [0.2, 0.25) is 0 Å². The van der Waals surface area contributed by atoms with Gasteiger partial charge in [0.1, 0.15) is 16.7 Å². The quantitative estimate of drug-likeness (QED) is 0.159. The zero-order valence-electron chi connectivity index (χ0n) is 28.9. The van der Waals surface area contributed by atoms with E-state index < -0.39 is 62.6 Å². The average Bonchev–Trinajstić information content (AvgIpc) is 3.97. The maximum Gasteiger partial charge on any atom is 0.411 e. The lowest BCUT2D eigenvalue weighted by Crippen LogP contribution is -2.54. The van der Waals surface area contributed by atoms with Crippen LogP contribution < -0.4 is 15.4 Å². The fourth-order valence-electron chi connectivity index (χ4n) is 6.54. The SMILES string of the molecule is C=CCCCCN(C)C(=O)C1CC(OC(=O)Nc2cc(C)ccc2-c2ncc(CC)s2)CC1C(=O)NC1(C(=O)NS(=O)(=O)C2CC2)CC1C=C. The Morgan fingerprint density at radius 1 is 1.14 bits per heavy atom. The van der Waals surface area contributed by atoms with Crippen LogP contribution in [0.4, 0.5) is 10.5 Å². The first-order valence-corrected chi connectivity index (χ1v) is 19.6. The van der Waals surface area contributed by atoms with Crippen molar-refractivity contribution >= 4 is 50.9 Å². The van der Waals surface area contributed by atoms with Crippen molar-refractivity contribution in [1.82, 2.24) is 19.9 Å². The second kappa shape index (κ2) is 15.5. The molecule has 50 heavy (non-hydrogen) atoms. The fraction of sp³-hybridized carbons (Fsp3) is 0.528. The van der Waals surface area contributed by atoms with E-state index in [9.17, 15) is 27.6 Å². The lowest BCUT2D eigenvalue weighted by Gasteiger charge is -2.26. The van der Waals surface area contributed by atoms with Gasteiger partial charge in [-0.2, -0.15) is 0 Å². The van der Waals surface area contributed by atoms with Gasteiger partial charge in [0.15, 0.2) is 0 Å². The number of unbranched alkanes of at least 4 members (excludes halogenated alkanes) is 2. The van der Waals surface area contributed by atoms with Crippen LogP contribution in [0.25, 0.3) is 10.6 Å². The van der Waals surface area contributed by atoms with Gasteiger partial charge >= 0.3 is 6.09 Å². The number of aryl methyl sites for hydroxylation is 2. The minimum absolute atomic E-state index is 0.0454. The number of hydrogen-bond donors (Lipinski definition) is 3. The van der Waals surface area contributed by atoms with Gasteiger partial charge in [-0.1, -0.05) is 25.1 Å². The summed E-state index contributed by atoms with van der Waals surface area (Å²) in [7, 11) is -2.18. The Balaban J connectivity index is 1.32. The molecule has 1 heterocycles. The Labute approximate surface area is 298 Å². The average molecular weight is 726 g/mol. The van der Waals surface area contributed by atoms with E-state index >= 15 is 0 Å². The Bertz CT molecular complexity index is 1750. The Morgan fingerprint density at radius 2 is 1.88 bits per heavy atom. The van der Waals surface area contributed by atoms with E-state index in [4.69, 9.17) is 4.74 Å². The standard InChI is InChI=1S/C36H47N5O7S2/c1-6-9-10-11-16-41(5)33(43)29-19-24(48-35(45)38-30-17-22(4)12-15-27(30)32-37-21-25(8-3)49-32)18-28(29)31(42)39-36(20-23(36)7-2)34(44)40-50(46,47)26-13-14-26/h6-7,12,15,17,21,23-24,26,28-29H,1-2,8-11,13-14,16,18-20H2,3-5H3,(H,38,45)(H,39,42)(H,40,44). The molecule has 5 unspecified atom stereocenters. The van der Waals surface area contributed by atoms with Crippen molar-refractivity contribution in [3.8, 4) is 10.6 Å². The largest absolute Gasteiger partial charge is 0.446 e. The van der Waals surface area contributed by atoms with E-state index in [-0.39, 0.29) is 25.2 Å². The first-order valence-electron chi connectivity index (χ1n) is 17.2. The molecule has 0 radical (unpaired) electrons. The molecule has 270 valence electrons. The molecule has 0 spiro atoms. The van der Waals surface area contributed by atoms with Crippen molar-refractivity contribution in [3.63, 3.8) is 0 Å². The van der Waals surface area contributed by atoms with Crippen molar-refractivity contribution in [3.05, 3.63) is 60.1 Å². The van der Waals surface area contributed by atoms with Crippen LogP contribution in [-0.4, -0.2) is 72.6 Å². The summed E-state index contributed by atoms with van der Waals surface area (Å²) in [5, 5.41) is 5.79. The molecular weight excluding hydrogens is 679 g/mol. The van der Waals surface area contributed by atoms with Crippen LogP contribution in [0, 0.1) is 24.7 Å². The molecular formula is C36H47N5O7S2. The third kappa shape index (κ3) is 8.45. The van der Waals surface area contributed by atoms with Gasteiger partial charge in [-0.3, -0.25) is 24.4 Å². The fourth-order valence-corrected chi connectivity index (χ4v) is 8.80. The lowest BCUT2D eigenvalue weighted by atomic mass is 9.93. The number of anilines is 1. The van der Waals surface area contributed by atoms with Gasteiger partial charge in [0, 0.05) is 36.1 Å². The molecule has 3 saturated carbocycles.